The molecule has 96 valence electrons. The largest absolute Gasteiger partial charge is 0.383 e. The predicted octanol–water partition coefficient (Wildman–Crippen LogP) is 1.66. The molecule has 17 heavy (non-hydrogen) atoms. The molecule has 5 heteroatoms. The minimum Gasteiger partial charge on any atom is -0.383 e. The summed E-state index contributed by atoms with van der Waals surface area (Å²) >= 11 is 1.79. The fourth-order valence-corrected chi connectivity index (χ4v) is 2.20. The Morgan fingerprint density at radius 3 is 2.94 bits per heavy atom. The highest BCUT2D eigenvalue weighted by Crippen LogP contribution is 2.19. The Hall–Kier alpha value is -1.07. The van der Waals surface area contributed by atoms with Crippen LogP contribution in [-0.4, -0.2) is 39.8 Å². The minimum absolute atomic E-state index is 0.496. The van der Waals surface area contributed by atoms with Gasteiger partial charge in [-0.25, -0.2) is 0 Å². The highest BCUT2D eigenvalue weighted by atomic mass is 32.1. The van der Waals surface area contributed by atoms with Crippen molar-refractivity contribution in [2.75, 3.05) is 33.9 Å². The Kier molecular flexibility index (Phi) is 6.65. The third kappa shape index (κ3) is 5.19. The third-order valence-corrected chi connectivity index (χ3v) is 3.53. The van der Waals surface area contributed by atoms with Crippen LogP contribution in [0.25, 0.3) is 0 Å². The lowest BCUT2D eigenvalue weighted by Gasteiger charge is -2.14. The van der Waals surface area contributed by atoms with Gasteiger partial charge >= 0.3 is 0 Å². The number of guanidine groups is 1. The van der Waals surface area contributed by atoms with E-state index < -0.39 is 0 Å². The highest BCUT2D eigenvalue weighted by molar-refractivity contribution is 7.10. The third-order valence-electron chi connectivity index (χ3n) is 2.43. The van der Waals surface area contributed by atoms with Crippen LogP contribution in [0.1, 0.15) is 17.7 Å². The average molecular weight is 255 g/mol. The SMILES string of the molecule is CN=C(NCCOC)NCC(C)c1cccs1. The molecule has 0 amide bonds. The van der Waals surface area contributed by atoms with Crippen LogP contribution < -0.4 is 10.6 Å². The molecule has 0 bridgehead atoms. The van der Waals surface area contributed by atoms with E-state index >= 15 is 0 Å². The summed E-state index contributed by atoms with van der Waals surface area (Å²) in [4.78, 5) is 5.55. The molecule has 1 heterocycles. The number of aliphatic imine (C=N–C) groups is 1. The van der Waals surface area contributed by atoms with Crippen molar-refractivity contribution >= 4 is 17.3 Å². The first-order chi connectivity index (χ1) is 8.27. The van der Waals surface area contributed by atoms with Crippen LogP contribution in [-0.2, 0) is 4.74 Å². The van der Waals surface area contributed by atoms with Gasteiger partial charge in [0.05, 0.1) is 6.61 Å². The van der Waals surface area contributed by atoms with Gasteiger partial charge < -0.3 is 15.4 Å². The first-order valence-corrected chi connectivity index (χ1v) is 6.62. The molecule has 1 rings (SSSR count). The van der Waals surface area contributed by atoms with E-state index in [9.17, 15) is 0 Å². The van der Waals surface area contributed by atoms with E-state index in [0.29, 0.717) is 12.5 Å². The molecule has 0 fully saturated rings. The topological polar surface area (TPSA) is 45.7 Å². The smallest absolute Gasteiger partial charge is 0.191 e. The zero-order valence-electron chi connectivity index (χ0n) is 10.7. The number of rotatable bonds is 6. The Morgan fingerprint density at radius 2 is 2.35 bits per heavy atom. The molecule has 0 spiro atoms. The second kappa shape index (κ2) is 8.08. The Labute approximate surface area is 107 Å². The van der Waals surface area contributed by atoms with E-state index in [1.807, 2.05) is 0 Å². The maximum Gasteiger partial charge on any atom is 0.191 e. The lowest BCUT2D eigenvalue weighted by molar-refractivity contribution is 0.203. The summed E-state index contributed by atoms with van der Waals surface area (Å²) in [7, 11) is 3.47. The number of thiophene rings is 1. The van der Waals surface area contributed by atoms with E-state index in [1.54, 1.807) is 25.5 Å². The molecule has 1 aromatic heterocycles. The number of nitrogens with zero attached hydrogens (tertiary/aromatic N) is 1. The lowest BCUT2D eigenvalue weighted by Crippen LogP contribution is -2.40. The van der Waals surface area contributed by atoms with E-state index in [-0.39, 0.29) is 0 Å². The minimum atomic E-state index is 0.496. The Morgan fingerprint density at radius 1 is 1.53 bits per heavy atom. The van der Waals surface area contributed by atoms with E-state index in [2.05, 4.69) is 40.1 Å². The van der Waals surface area contributed by atoms with Gasteiger partial charge in [0.2, 0.25) is 0 Å². The van der Waals surface area contributed by atoms with Crippen molar-refractivity contribution in [2.24, 2.45) is 4.99 Å². The summed E-state index contributed by atoms with van der Waals surface area (Å²) in [6.45, 7) is 4.54. The molecule has 1 atom stereocenters. The lowest BCUT2D eigenvalue weighted by atomic mass is 10.1. The quantitative estimate of drug-likeness (QED) is 0.462. The zero-order valence-corrected chi connectivity index (χ0v) is 11.5. The maximum absolute atomic E-state index is 4.98. The number of methoxy groups -OCH3 is 1. The van der Waals surface area contributed by atoms with Crippen molar-refractivity contribution in [3.63, 3.8) is 0 Å². The monoisotopic (exact) mass is 255 g/mol. The molecule has 0 saturated heterocycles. The van der Waals surface area contributed by atoms with Crippen molar-refractivity contribution in [1.29, 1.82) is 0 Å². The average Bonchev–Trinajstić information content (AvgIpc) is 2.87. The summed E-state index contributed by atoms with van der Waals surface area (Å²) in [5.41, 5.74) is 0. The van der Waals surface area contributed by atoms with Crippen molar-refractivity contribution in [3.8, 4) is 0 Å². The van der Waals surface area contributed by atoms with E-state index in [1.165, 1.54) is 4.88 Å². The van der Waals surface area contributed by atoms with Gasteiger partial charge in [0.25, 0.3) is 0 Å². The molecule has 0 aromatic carbocycles. The normalized spacial score (nSPS) is 13.5. The van der Waals surface area contributed by atoms with E-state index in [4.69, 9.17) is 4.74 Å². The first kappa shape index (κ1) is 14.0. The highest BCUT2D eigenvalue weighted by Gasteiger charge is 2.06. The molecule has 0 radical (unpaired) electrons. The number of hydrogen-bond donors (Lipinski definition) is 2. The van der Waals surface area contributed by atoms with Crippen LogP contribution in [0.15, 0.2) is 22.5 Å². The molecule has 0 aliphatic carbocycles. The Balaban J connectivity index is 2.28. The molecule has 1 aromatic rings. The van der Waals surface area contributed by atoms with Crippen LogP contribution in [0.2, 0.25) is 0 Å². The molecule has 0 aliphatic rings. The summed E-state index contributed by atoms with van der Waals surface area (Å²) in [5, 5.41) is 8.60. The number of nitrogens with one attached hydrogen (secondary N) is 2. The van der Waals surface area contributed by atoms with Crippen molar-refractivity contribution in [1.82, 2.24) is 10.6 Å². The maximum atomic E-state index is 4.98. The van der Waals surface area contributed by atoms with Gasteiger partial charge in [-0.1, -0.05) is 13.0 Å². The van der Waals surface area contributed by atoms with Gasteiger partial charge in [-0.3, -0.25) is 4.99 Å². The summed E-state index contributed by atoms with van der Waals surface area (Å²) < 4.78 is 4.98. The van der Waals surface area contributed by atoms with Crippen LogP contribution in [0.3, 0.4) is 0 Å². The molecule has 1 unspecified atom stereocenters. The van der Waals surface area contributed by atoms with Crippen molar-refractivity contribution < 1.29 is 4.74 Å². The van der Waals surface area contributed by atoms with E-state index in [0.717, 1.165) is 19.0 Å². The molecule has 4 nitrogen and oxygen atoms in total. The molecular formula is C12H21N3OS. The van der Waals surface area contributed by atoms with Gasteiger partial charge in [-0.05, 0) is 11.4 Å². The molecule has 0 saturated carbocycles. The van der Waals surface area contributed by atoms with Crippen molar-refractivity contribution in [3.05, 3.63) is 22.4 Å². The zero-order chi connectivity index (χ0) is 12.5. The van der Waals surface area contributed by atoms with Gasteiger partial charge in [0.1, 0.15) is 0 Å². The van der Waals surface area contributed by atoms with Gasteiger partial charge in [0, 0.05) is 38.0 Å². The summed E-state index contributed by atoms with van der Waals surface area (Å²) in [6, 6.07) is 4.25. The molecule has 2 N–H and O–H groups in total. The fraction of sp³-hybridized carbons (Fsp3) is 0.583. The van der Waals surface area contributed by atoms with Crippen LogP contribution >= 0.6 is 11.3 Å². The Bertz CT molecular complexity index is 325. The van der Waals surface area contributed by atoms with Gasteiger partial charge in [-0.2, -0.15) is 0 Å². The van der Waals surface area contributed by atoms with Crippen molar-refractivity contribution in [2.45, 2.75) is 12.8 Å². The van der Waals surface area contributed by atoms with Gasteiger partial charge in [-0.15, -0.1) is 11.3 Å². The number of ether oxygens (including phenoxy) is 1. The summed E-state index contributed by atoms with van der Waals surface area (Å²) in [5.74, 6) is 1.32. The summed E-state index contributed by atoms with van der Waals surface area (Å²) in [6.07, 6.45) is 0. The first-order valence-electron chi connectivity index (χ1n) is 5.74. The van der Waals surface area contributed by atoms with Crippen LogP contribution in [0.5, 0.6) is 0 Å². The number of hydrogen-bond acceptors (Lipinski definition) is 3. The van der Waals surface area contributed by atoms with Crippen LogP contribution in [0.4, 0.5) is 0 Å². The predicted molar refractivity (Wildman–Crippen MR) is 74.0 cm³/mol. The molecule has 0 aliphatic heterocycles. The molecular weight excluding hydrogens is 234 g/mol. The standard InChI is InChI=1S/C12H21N3OS/c1-10(11-5-4-8-17-11)9-15-12(13-2)14-6-7-16-3/h4-5,8,10H,6-7,9H2,1-3H3,(H2,13,14,15). The van der Waals surface area contributed by atoms with Crippen LogP contribution in [0, 0.1) is 0 Å². The fourth-order valence-electron chi connectivity index (χ4n) is 1.41. The van der Waals surface area contributed by atoms with Gasteiger partial charge in [0.15, 0.2) is 5.96 Å². The second-order valence-corrected chi connectivity index (χ2v) is 4.77. The second-order valence-electron chi connectivity index (χ2n) is 3.79.